The summed E-state index contributed by atoms with van der Waals surface area (Å²) < 4.78 is 1.51. The van der Waals surface area contributed by atoms with Crippen LogP contribution in [-0.2, 0) is 0 Å². The summed E-state index contributed by atoms with van der Waals surface area (Å²) in [5.74, 6) is 0. The Balaban J connectivity index is 1.82. The first-order chi connectivity index (χ1) is 17.4. The van der Waals surface area contributed by atoms with Gasteiger partial charge in [-0.2, -0.15) is 0 Å². The van der Waals surface area contributed by atoms with Gasteiger partial charge in [-0.05, 0) is 0 Å². The molecule has 0 amide bonds. The van der Waals surface area contributed by atoms with Gasteiger partial charge in [-0.25, -0.2) is 0 Å². The monoisotopic (exact) mass is 496 g/mol. The van der Waals surface area contributed by atoms with Crippen molar-refractivity contribution < 1.29 is 0 Å². The van der Waals surface area contributed by atoms with Crippen LogP contribution in [0.3, 0.4) is 0 Å². The number of allylic oxidation sites excluding steroid dienone is 4. The number of benzene rings is 4. The van der Waals surface area contributed by atoms with Crippen molar-refractivity contribution >= 4 is 54.8 Å². The first-order valence-corrected chi connectivity index (χ1v) is 15.4. The molecule has 0 aliphatic heterocycles. The summed E-state index contributed by atoms with van der Waals surface area (Å²) in [7, 11) is -1.33. The average Bonchev–Trinajstić information content (AvgIpc) is 3.24. The Bertz CT molecular complexity index is 1290. The molecule has 0 unspecified atom stereocenters. The molecule has 1 aliphatic carbocycles. The predicted octanol–water partition coefficient (Wildman–Crippen LogP) is 7.34. The van der Waals surface area contributed by atoms with Crippen molar-refractivity contribution in [2.24, 2.45) is 5.41 Å². The van der Waals surface area contributed by atoms with Crippen molar-refractivity contribution in [2.45, 2.75) is 27.2 Å². The molecule has 0 radical (unpaired) electrons. The van der Waals surface area contributed by atoms with Crippen molar-refractivity contribution in [3.05, 3.63) is 142 Å². The molecule has 36 heavy (non-hydrogen) atoms. The van der Waals surface area contributed by atoms with E-state index < -0.39 is 15.8 Å². The standard InChI is InChI=1S/C33H31P2.Li/c1-33(2,3)26-24-31(34(27-16-8-4-9-17-27)28-18-10-5-11-19-28)32(25-26)35(29-20-12-6-13-21-29)30-22-14-7-15-23-30;/h4-23H,24H2,1-3H3;. The summed E-state index contributed by atoms with van der Waals surface area (Å²) in [4.78, 5) is 0. The fourth-order valence-electron chi connectivity index (χ4n) is 5.23. The normalized spacial score (nSPS) is 14.3. The Morgan fingerprint density at radius 3 is 1.19 bits per heavy atom. The van der Waals surface area contributed by atoms with E-state index in [1.807, 2.05) is 0 Å². The molecule has 3 heteroatoms. The first-order valence-electron chi connectivity index (χ1n) is 12.7. The number of rotatable bonds is 6. The van der Waals surface area contributed by atoms with Gasteiger partial charge in [0.2, 0.25) is 0 Å². The molecule has 0 spiro atoms. The van der Waals surface area contributed by atoms with Crippen molar-refractivity contribution in [1.82, 2.24) is 0 Å². The van der Waals surface area contributed by atoms with Gasteiger partial charge < -0.3 is 0 Å². The second-order valence-corrected chi connectivity index (χ2v) is 14.7. The van der Waals surface area contributed by atoms with E-state index in [2.05, 4.69) is 160 Å². The third kappa shape index (κ3) is 5.26. The van der Waals surface area contributed by atoms with Gasteiger partial charge in [0.05, 0.1) is 0 Å². The van der Waals surface area contributed by atoms with Gasteiger partial charge in [0.1, 0.15) is 0 Å². The van der Waals surface area contributed by atoms with E-state index in [0.717, 1.165) is 6.42 Å². The fraction of sp³-hybridized carbons (Fsp3) is 0.152. The van der Waals surface area contributed by atoms with Crippen LogP contribution in [0.1, 0.15) is 27.2 Å². The van der Waals surface area contributed by atoms with Crippen LogP contribution in [0.5, 0.6) is 0 Å². The Morgan fingerprint density at radius 1 is 0.528 bits per heavy atom. The van der Waals surface area contributed by atoms with E-state index in [0.29, 0.717) is 0 Å². The van der Waals surface area contributed by atoms with Crippen molar-refractivity contribution in [1.29, 1.82) is 0 Å². The van der Waals surface area contributed by atoms with Crippen LogP contribution in [0.15, 0.2) is 142 Å². The van der Waals surface area contributed by atoms with E-state index in [1.165, 1.54) is 25.5 Å². The third-order valence-electron chi connectivity index (χ3n) is 6.88. The van der Waals surface area contributed by atoms with E-state index in [4.69, 9.17) is 0 Å². The van der Waals surface area contributed by atoms with E-state index >= 15 is 0 Å². The van der Waals surface area contributed by atoms with E-state index in [-0.39, 0.29) is 5.41 Å². The van der Waals surface area contributed by atoms with E-state index in [1.54, 1.807) is 16.2 Å². The van der Waals surface area contributed by atoms with Crippen LogP contribution in [0.4, 0.5) is 0 Å². The van der Waals surface area contributed by atoms with Crippen LogP contribution < -0.4 is 21.2 Å². The molecule has 0 atom stereocenters. The van der Waals surface area contributed by atoms with Crippen LogP contribution in [0.2, 0.25) is 0 Å². The topological polar surface area (TPSA) is 0 Å². The number of hydrogen-bond acceptors (Lipinski definition) is 0. The molecule has 4 aromatic rings. The molecule has 0 saturated carbocycles. The Hall–Kier alpha value is -2.18. The molecule has 5 rings (SSSR count). The van der Waals surface area contributed by atoms with Gasteiger partial charge in [-0.3, -0.25) is 0 Å². The van der Waals surface area contributed by atoms with Crippen LogP contribution >= 0.6 is 15.8 Å². The van der Waals surface area contributed by atoms with Crippen LogP contribution in [-0.4, -0.2) is 17.7 Å². The predicted molar refractivity (Wildman–Crippen MR) is 162 cm³/mol. The van der Waals surface area contributed by atoms with Gasteiger partial charge >= 0.3 is 229 Å². The molecule has 0 N–H and O–H groups in total. The summed E-state index contributed by atoms with van der Waals surface area (Å²) in [5, 5.41) is 8.94. The Kier molecular flexibility index (Phi) is 7.82. The van der Waals surface area contributed by atoms with Crippen LogP contribution in [0.25, 0.3) is 0 Å². The molecule has 0 bridgehead atoms. The van der Waals surface area contributed by atoms with Crippen LogP contribution in [0, 0.1) is 5.41 Å². The second-order valence-electron chi connectivity index (χ2n) is 10.3. The fourth-order valence-corrected chi connectivity index (χ4v) is 10.9. The molecule has 174 valence electrons. The maximum atomic E-state index is 2.40. The Labute approximate surface area is 228 Å². The first kappa shape index (κ1) is 25.5. The summed E-state index contributed by atoms with van der Waals surface area (Å²) >= 11 is 2.40. The quantitative estimate of drug-likeness (QED) is 0.194. The minimum atomic E-state index is -0.680. The number of hydrogen-bond donors (Lipinski definition) is 0. The molecule has 0 saturated heterocycles. The third-order valence-corrected chi connectivity index (χ3v) is 12.3. The summed E-state index contributed by atoms with van der Waals surface area (Å²) in [5.41, 5.74) is 1.71. The average molecular weight is 497 g/mol. The molecule has 0 heterocycles. The molecule has 0 fully saturated rings. The van der Waals surface area contributed by atoms with Crippen molar-refractivity contribution in [2.75, 3.05) is 0 Å². The molecule has 0 aromatic heterocycles. The molecule has 0 nitrogen and oxygen atoms in total. The summed E-state index contributed by atoms with van der Waals surface area (Å²) in [6.45, 7) is 7.15. The summed E-state index contributed by atoms with van der Waals surface area (Å²) in [6, 6.07) is 44.8. The van der Waals surface area contributed by atoms with Crippen molar-refractivity contribution in [3.63, 3.8) is 0 Å². The molecule has 1 aliphatic rings. The second kappa shape index (κ2) is 11.1. The van der Waals surface area contributed by atoms with Gasteiger partial charge in [-0.1, -0.05) is 0 Å². The van der Waals surface area contributed by atoms with Gasteiger partial charge in [0.15, 0.2) is 0 Å². The van der Waals surface area contributed by atoms with Gasteiger partial charge in [-0.15, -0.1) is 0 Å². The van der Waals surface area contributed by atoms with Crippen molar-refractivity contribution in [3.8, 4) is 0 Å². The van der Waals surface area contributed by atoms with E-state index in [9.17, 15) is 0 Å². The zero-order chi connectivity index (χ0) is 25.1. The summed E-state index contributed by atoms with van der Waals surface area (Å²) in [6.07, 6.45) is 1.05. The molecular weight excluding hydrogens is 465 g/mol. The zero-order valence-corrected chi connectivity index (χ0v) is 23.4. The SMILES string of the molecule is [Li][C]1=C(C(C)(C)C)CC(P(c2ccccc2)c2ccccc2)=C1P(c1ccccc1)c1ccccc1. The molecular formula is C33H31LiP2. The minimum absolute atomic E-state index is 0.125. The van der Waals surface area contributed by atoms with Gasteiger partial charge in [0.25, 0.3) is 0 Å². The zero-order valence-electron chi connectivity index (χ0n) is 21.6. The van der Waals surface area contributed by atoms with Gasteiger partial charge in [0, 0.05) is 0 Å². The molecule has 4 aromatic carbocycles. The maximum absolute atomic E-state index is 2.40. The Morgan fingerprint density at radius 2 is 0.861 bits per heavy atom.